The summed E-state index contributed by atoms with van der Waals surface area (Å²) < 4.78 is 28.6. The average Bonchev–Trinajstić information content (AvgIpc) is 3.31. The molecule has 0 amide bonds. The highest BCUT2D eigenvalue weighted by molar-refractivity contribution is 8.00. The molecule has 0 radical (unpaired) electrons. The standard InChI is InChI=1S/C24H42N3O7PS/c1-2-3-4-5-6-7-8-9-10-11-12-13-14-15-21(28)33-22(34-35(30)31)23-32-20(18-36-23)27-17-16-19(25)26-24(27)29/h16-17,20,22-23,35H,2-15,18H2,1H3,(H,30,31)(H2,25,26,29)/t20-,22?,23+/m1/s1. The van der Waals surface area contributed by atoms with Crippen molar-refractivity contribution in [2.45, 2.75) is 115 Å². The van der Waals surface area contributed by atoms with E-state index in [1.807, 2.05) is 0 Å². The van der Waals surface area contributed by atoms with E-state index >= 15 is 0 Å². The van der Waals surface area contributed by atoms with Gasteiger partial charge in [-0.25, -0.2) is 4.79 Å². The van der Waals surface area contributed by atoms with Crippen LogP contribution < -0.4 is 11.4 Å². The summed E-state index contributed by atoms with van der Waals surface area (Å²) in [5, 5.41) is 0. The van der Waals surface area contributed by atoms with Crippen LogP contribution in [0.25, 0.3) is 0 Å². The first-order valence-corrected chi connectivity index (χ1v) is 15.4. The third-order valence-corrected chi connectivity index (χ3v) is 7.60. The molecule has 4 atom stereocenters. The maximum Gasteiger partial charge on any atom is 0.351 e. The first-order valence-electron chi connectivity index (χ1n) is 13.1. The van der Waals surface area contributed by atoms with Crippen molar-refractivity contribution in [1.82, 2.24) is 9.55 Å². The molecule has 206 valence electrons. The first kappa shape index (κ1) is 30.8. The van der Waals surface area contributed by atoms with E-state index in [2.05, 4.69) is 11.9 Å². The number of thioether (sulfide) groups is 1. The number of carbonyl (C=O) groups is 1. The van der Waals surface area contributed by atoms with E-state index < -0.39 is 37.9 Å². The smallest absolute Gasteiger partial charge is 0.351 e. The molecule has 0 bridgehead atoms. The highest BCUT2D eigenvalue weighted by Crippen LogP contribution is 2.37. The van der Waals surface area contributed by atoms with Crippen molar-refractivity contribution in [1.29, 1.82) is 0 Å². The SMILES string of the molecule is CCCCCCCCCCCCCCCC(=O)OC(O[PH](=O)O)[C@H]1O[C@@H](n2ccc(N)nc2=O)CS1. The van der Waals surface area contributed by atoms with Crippen molar-refractivity contribution in [2.75, 3.05) is 11.5 Å². The van der Waals surface area contributed by atoms with E-state index in [0.717, 1.165) is 19.3 Å². The Labute approximate surface area is 218 Å². The summed E-state index contributed by atoms with van der Waals surface area (Å²) in [7, 11) is -3.38. The zero-order chi connectivity index (χ0) is 26.2. The molecule has 3 N–H and O–H groups in total. The minimum atomic E-state index is -3.38. The molecule has 2 heterocycles. The van der Waals surface area contributed by atoms with Crippen LogP contribution in [0.1, 0.15) is 103 Å². The van der Waals surface area contributed by atoms with E-state index in [0.29, 0.717) is 12.2 Å². The van der Waals surface area contributed by atoms with Crippen LogP contribution in [-0.2, 0) is 23.4 Å². The minimum absolute atomic E-state index is 0.0978. The lowest BCUT2D eigenvalue weighted by Crippen LogP contribution is -2.33. The van der Waals surface area contributed by atoms with Crippen LogP contribution >= 0.6 is 20.0 Å². The predicted octanol–water partition coefficient (Wildman–Crippen LogP) is 5.16. The minimum Gasteiger partial charge on any atom is -0.431 e. The molecule has 36 heavy (non-hydrogen) atoms. The predicted molar refractivity (Wildman–Crippen MR) is 142 cm³/mol. The molecule has 1 aliphatic heterocycles. The Morgan fingerprint density at radius 3 is 2.31 bits per heavy atom. The van der Waals surface area contributed by atoms with Crippen molar-refractivity contribution in [3.05, 3.63) is 22.7 Å². The van der Waals surface area contributed by atoms with Crippen molar-refractivity contribution in [3.8, 4) is 0 Å². The van der Waals surface area contributed by atoms with Gasteiger partial charge in [0.05, 0.1) is 0 Å². The van der Waals surface area contributed by atoms with E-state index in [1.54, 1.807) is 0 Å². The number of hydrogen-bond acceptors (Lipinski definition) is 9. The Morgan fingerprint density at radius 2 is 1.75 bits per heavy atom. The molecule has 12 heteroatoms. The monoisotopic (exact) mass is 547 g/mol. The van der Waals surface area contributed by atoms with Crippen LogP contribution in [0.4, 0.5) is 5.82 Å². The fourth-order valence-electron chi connectivity index (χ4n) is 4.05. The number of hydrogen-bond donors (Lipinski definition) is 2. The highest BCUT2D eigenvalue weighted by Gasteiger charge is 2.37. The summed E-state index contributed by atoms with van der Waals surface area (Å²) in [5.41, 5.74) is 4.09. The quantitative estimate of drug-likeness (QED) is 0.103. The number of aromatic nitrogens is 2. The molecule has 0 saturated carbocycles. The summed E-state index contributed by atoms with van der Waals surface area (Å²) in [6, 6.07) is 1.47. The molecule has 2 rings (SSSR count). The van der Waals surface area contributed by atoms with Crippen molar-refractivity contribution in [2.24, 2.45) is 0 Å². The Hall–Kier alpha value is -1.39. The molecule has 0 aromatic carbocycles. The van der Waals surface area contributed by atoms with Gasteiger partial charge in [0.2, 0.25) is 6.29 Å². The molecule has 1 aromatic heterocycles. The van der Waals surface area contributed by atoms with Gasteiger partial charge >= 0.3 is 19.9 Å². The second kappa shape index (κ2) is 18.0. The molecule has 10 nitrogen and oxygen atoms in total. The third-order valence-electron chi connectivity index (χ3n) is 6.03. The third kappa shape index (κ3) is 12.2. The normalized spacial score (nSPS) is 19.3. The summed E-state index contributed by atoms with van der Waals surface area (Å²) in [5.74, 6) is -0.0652. The van der Waals surface area contributed by atoms with Gasteiger partial charge < -0.3 is 20.1 Å². The largest absolute Gasteiger partial charge is 0.431 e. The van der Waals surface area contributed by atoms with Crippen LogP contribution in [0.2, 0.25) is 0 Å². The molecule has 2 unspecified atom stereocenters. The van der Waals surface area contributed by atoms with E-state index in [1.165, 1.54) is 86.4 Å². The van der Waals surface area contributed by atoms with Crippen LogP contribution in [0.5, 0.6) is 0 Å². The first-order chi connectivity index (χ1) is 17.4. The lowest BCUT2D eigenvalue weighted by atomic mass is 10.0. The summed E-state index contributed by atoms with van der Waals surface area (Å²) in [6.45, 7) is 2.24. The number of ether oxygens (including phenoxy) is 2. The molecular formula is C24H42N3O7PS. The van der Waals surface area contributed by atoms with Crippen LogP contribution in [-0.4, -0.2) is 37.9 Å². The number of rotatable bonds is 19. The Morgan fingerprint density at radius 1 is 1.17 bits per heavy atom. The van der Waals surface area contributed by atoms with Gasteiger partial charge in [-0.15, -0.1) is 11.8 Å². The Balaban J connectivity index is 1.62. The Bertz CT molecular complexity index is 857. The number of nitrogen functional groups attached to an aromatic ring is 1. The van der Waals surface area contributed by atoms with Crippen LogP contribution in [0.3, 0.4) is 0 Å². The highest BCUT2D eigenvalue weighted by atomic mass is 32.2. The van der Waals surface area contributed by atoms with E-state index in [9.17, 15) is 19.0 Å². The maximum atomic E-state index is 12.3. The fraction of sp³-hybridized carbons (Fsp3) is 0.792. The molecule has 0 aliphatic carbocycles. The second-order valence-corrected chi connectivity index (χ2v) is 11.0. The lowest BCUT2D eigenvalue weighted by molar-refractivity contribution is -0.180. The van der Waals surface area contributed by atoms with E-state index in [4.69, 9.17) is 19.7 Å². The average molecular weight is 548 g/mol. The number of nitrogens with zero attached hydrogens (tertiary/aromatic N) is 2. The topological polar surface area (TPSA) is 143 Å². The molecule has 1 aromatic rings. The zero-order valence-corrected chi connectivity index (χ0v) is 23.1. The number of unbranched alkanes of at least 4 members (excludes halogenated alkanes) is 12. The van der Waals surface area contributed by atoms with E-state index in [-0.39, 0.29) is 12.2 Å². The zero-order valence-electron chi connectivity index (χ0n) is 21.3. The maximum absolute atomic E-state index is 12.3. The molecule has 0 spiro atoms. The van der Waals surface area contributed by atoms with Gasteiger partial charge in [-0.1, -0.05) is 84.0 Å². The second-order valence-electron chi connectivity index (χ2n) is 9.07. The molecule has 1 fully saturated rings. The van der Waals surface area contributed by atoms with Gasteiger partial charge in [-0.2, -0.15) is 4.98 Å². The van der Waals surface area contributed by atoms with Gasteiger partial charge in [0, 0.05) is 18.4 Å². The van der Waals surface area contributed by atoms with Gasteiger partial charge in [0.1, 0.15) is 12.0 Å². The fourth-order valence-corrected chi connectivity index (χ4v) is 5.59. The number of anilines is 1. The van der Waals surface area contributed by atoms with Gasteiger partial charge in [-0.05, 0) is 12.5 Å². The van der Waals surface area contributed by atoms with Gasteiger partial charge in [-0.3, -0.25) is 18.5 Å². The molecular weight excluding hydrogens is 505 g/mol. The van der Waals surface area contributed by atoms with Gasteiger partial charge in [0.15, 0.2) is 5.44 Å². The lowest BCUT2D eigenvalue weighted by Gasteiger charge is -2.22. The van der Waals surface area contributed by atoms with Crippen molar-refractivity contribution >= 4 is 31.8 Å². The van der Waals surface area contributed by atoms with Gasteiger partial charge in [0.25, 0.3) is 0 Å². The summed E-state index contributed by atoms with van der Waals surface area (Å²) in [4.78, 5) is 37.3. The van der Waals surface area contributed by atoms with Crippen molar-refractivity contribution < 1.29 is 28.3 Å². The summed E-state index contributed by atoms with van der Waals surface area (Å²) in [6.07, 6.45) is 15.3. The number of esters is 1. The Kier molecular flexibility index (Phi) is 15.4. The number of carbonyl (C=O) groups excluding carboxylic acids is 1. The summed E-state index contributed by atoms with van der Waals surface area (Å²) >= 11 is 1.22. The molecule has 1 saturated heterocycles. The van der Waals surface area contributed by atoms with Crippen LogP contribution in [0, 0.1) is 0 Å². The number of nitrogens with two attached hydrogens (primary N) is 1. The van der Waals surface area contributed by atoms with Crippen molar-refractivity contribution in [3.63, 3.8) is 0 Å². The van der Waals surface area contributed by atoms with Crippen LogP contribution in [0.15, 0.2) is 17.1 Å². The molecule has 1 aliphatic rings.